The van der Waals surface area contributed by atoms with E-state index >= 15 is 0 Å². The van der Waals surface area contributed by atoms with Gasteiger partial charge in [0.1, 0.15) is 5.41 Å². The summed E-state index contributed by atoms with van der Waals surface area (Å²) in [5.41, 5.74) is 0.865. The highest BCUT2D eigenvalue weighted by Crippen LogP contribution is 2.52. The van der Waals surface area contributed by atoms with Gasteiger partial charge in [-0.25, -0.2) is 0 Å². The molecule has 1 aromatic rings. The lowest BCUT2D eigenvalue weighted by molar-refractivity contribution is -0.129. The van der Waals surface area contributed by atoms with Crippen LogP contribution in [0.1, 0.15) is 17.5 Å². The summed E-state index contributed by atoms with van der Waals surface area (Å²) < 4.78 is 25.4. The fraction of sp³-hybridized carbons (Fsp3) is 0.429. The van der Waals surface area contributed by atoms with Crippen LogP contribution in [-0.2, 0) is 20.7 Å². The third-order valence-electron chi connectivity index (χ3n) is 3.91. The van der Waals surface area contributed by atoms with Gasteiger partial charge in [-0.2, -0.15) is 12.8 Å². The zero-order valence-electron chi connectivity index (χ0n) is 12.5. The molecule has 0 bridgehead atoms. The molecule has 2 atom stereocenters. The molecule has 1 N–H and O–H groups in total. The van der Waals surface area contributed by atoms with Crippen LogP contribution in [0.25, 0.3) is 0 Å². The topological polar surface area (TPSA) is 78.8 Å². The predicted octanol–water partition coefficient (Wildman–Crippen LogP) is 1.03. The van der Waals surface area contributed by atoms with Crippen molar-refractivity contribution in [2.75, 3.05) is 14.1 Å². The van der Waals surface area contributed by atoms with Crippen molar-refractivity contribution in [1.29, 1.82) is 0 Å². The Morgan fingerprint density at radius 3 is 2.50 bits per heavy atom. The minimum absolute atomic E-state index is 0.255. The van der Waals surface area contributed by atoms with Crippen molar-refractivity contribution in [3.63, 3.8) is 0 Å². The Morgan fingerprint density at radius 2 is 2.00 bits per heavy atom. The number of carbonyl (C=O) groups is 1. The second-order valence-corrected chi connectivity index (χ2v) is 6.33. The van der Waals surface area contributed by atoms with E-state index in [1.807, 2.05) is 31.2 Å². The van der Waals surface area contributed by atoms with Crippen molar-refractivity contribution in [2.24, 2.45) is 4.36 Å². The van der Waals surface area contributed by atoms with Crippen LogP contribution < -0.4 is 5.32 Å². The largest absolute Gasteiger partial charge is 0.365 e. The molecule has 1 saturated carbocycles. The maximum absolute atomic E-state index is 12.8. The van der Waals surface area contributed by atoms with Crippen LogP contribution in [0.2, 0.25) is 0 Å². The first kappa shape index (κ1) is 16.6. The molecule has 1 fully saturated rings. The molecule has 0 aromatic heterocycles. The minimum atomic E-state index is -2.54. The van der Waals surface area contributed by atoms with Gasteiger partial charge in [0, 0.05) is 14.1 Å². The Labute approximate surface area is 136 Å². The zero-order chi connectivity index (χ0) is 16.5. The average molecular weight is 339 g/mol. The SMILES string of the molecule is CNC(=S)N(C)C(=O)C1(c2ccc(C)cc2)CC1N=S(=O)=O. The predicted molar refractivity (Wildman–Crippen MR) is 87.0 cm³/mol. The van der Waals surface area contributed by atoms with E-state index in [0.29, 0.717) is 6.42 Å². The number of benzene rings is 1. The maximum atomic E-state index is 12.8. The van der Waals surface area contributed by atoms with E-state index in [1.54, 1.807) is 14.1 Å². The minimum Gasteiger partial charge on any atom is -0.365 e. The lowest BCUT2D eigenvalue weighted by atomic mass is 9.93. The van der Waals surface area contributed by atoms with Crippen LogP contribution >= 0.6 is 12.2 Å². The summed E-state index contributed by atoms with van der Waals surface area (Å²) in [4.78, 5) is 14.2. The van der Waals surface area contributed by atoms with Gasteiger partial charge in [-0.15, -0.1) is 0 Å². The molecule has 0 spiro atoms. The quantitative estimate of drug-likeness (QED) is 0.832. The standard InChI is InChI=1S/C14H17N3O3S2/c1-9-4-6-10(7-5-9)14(8-11(14)16-22(19)20)12(18)17(3)13(21)15-2/h4-7,11H,8H2,1-3H3,(H,15,21). The fourth-order valence-electron chi connectivity index (χ4n) is 2.55. The molecule has 2 rings (SSSR count). The smallest absolute Gasteiger partial charge is 0.311 e. The summed E-state index contributed by atoms with van der Waals surface area (Å²) in [6.45, 7) is 1.95. The average Bonchev–Trinajstić information content (AvgIpc) is 3.19. The highest BCUT2D eigenvalue weighted by molar-refractivity contribution is 7.80. The number of thiocarbonyl (C=S) groups is 1. The highest BCUT2D eigenvalue weighted by atomic mass is 32.2. The Bertz CT molecular complexity index is 735. The number of nitrogens with one attached hydrogen (secondary N) is 1. The third kappa shape index (κ3) is 2.89. The van der Waals surface area contributed by atoms with Crippen LogP contribution in [0, 0.1) is 6.92 Å². The number of hydrogen-bond acceptors (Lipinski definition) is 5. The summed E-state index contributed by atoms with van der Waals surface area (Å²) in [6, 6.07) is 6.89. The maximum Gasteiger partial charge on any atom is 0.311 e. The summed E-state index contributed by atoms with van der Waals surface area (Å²) in [5, 5.41) is 3.03. The molecule has 0 heterocycles. The van der Waals surface area contributed by atoms with Gasteiger partial charge in [-0.3, -0.25) is 9.69 Å². The molecule has 0 aliphatic heterocycles. The first-order valence-corrected chi connectivity index (χ1v) is 8.14. The van der Waals surface area contributed by atoms with Crippen molar-refractivity contribution in [1.82, 2.24) is 10.2 Å². The van der Waals surface area contributed by atoms with Gasteiger partial charge >= 0.3 is 10.5 Å². The van der Waals surface area contributed by atoms with Gasteiger partial charge in [-0.1, -0.05) is 29.8 Å². The van der Waals surface area contributed by atoms with Crippen LogP contribution in [0.15, 0.2) is 28.6 Å². The molecule has 1 aliphatic rings. The Morgan fingerprint density at radius 1 is 1.41 bits per heavy atom. The fourth-order valence-corrected chi connectivity index (χ4v) is 3.10. The number of nitrogens with zero attached hydrogens (tertiary/aromatic N) is 2. The molecule has 1 aliphatic carbocycles. The first-order valence-electron chi connectivity index (χ1n) is 6.70. The third-order valence-corrected chi connectivity index (χ3v) is 4.81. The molecule has 8 heteroatoms. The Kier molecular flexibility index (Phi) is 4.62. The number of carbonyl (C=O) groups excluding carboxylic acids is 1. The molecule has 1 aromatic carbocycles. The van der Waals surface area contributed by atoms with E-state index < -0.39 is 22.0 Å². The zero-order valence-corrected chi connectivity index (χ0v) is 14.2. The van der Waals surface area contributed by atoms with Crippen LogP contribution in [0.4, 0.5) is 0 Å². The molecule has 118 valence electrons. The van der Waals surface area contributed by atoms with Crippen LogP contribution in [0.3, 0.4) is 0 Å². The van der Waals surface area contributed by atoms with Gasteiger partial charge in [0.15, 0.2) is 5.11 Å². The van der Waals surface area contributed by atoms with Crippen molar-refractivity contribution in [3.8, 4) is 0 Å². The Hall–Kier alpha value is -1.80. The monoisotopic (exact) mass is 339 g/mol. The molecular weight excluding hydrogens is 322 g/mol. The highest BCUT2D eigenvalue weighted by Gasteiger charge is 2.63. The molecule has 1 amide bonds. The van der Waals surface area contributed by atoms with E-state index in [2.05, 4.69) is 9.68 Å². The van der Waals surface area contributed by atoms with Crippen molar-refractivity contribution in [3.05, 3.63) is 35.4 Å². The Balaban J connectivity index is 2.45. The van der Waals surface area contributed by atoms with Crippen molar-refractivity contribution < 1.29 is 13.2 Å². The molecule has 6 nitrogen and oxygen atoms in total. The summed E-state index contributed by atoms with van der Waals surface area (Å²) in [6.07, 6.45) is 0.361. The molecule has 0 saturated heterocycles. The van der Waals surface area contributed by atoms with Gasteiger partial charge < -0.3 is 5.32 Å². The molecule has 0 radical (unpaired) electrons. The van der Waals surface area contributed by atoms with E-state index in [0.717, 1.165) is 11.1 Å². The van der Waals surface area contributed by atoms with Gasteiger partial charge in [0.05, 0.1) is 6.04 Å². The van der Waals surface area contributed by atoms with Crippen molar-refractivity contribution in [2.45, 2.75) is 24.8 Å². The van der Waals surface area contributed by atoms with Crippen molar-refractivity contribution >= 4 is 33.7 Å². The lowest BCUT2D eigenvalue weighted by Crippen LogP contribution is -2.45. The molecule has 22 heavy (non-hydrogen) atoms. The number of likely N-dealkylation sites (N-methyl/N-ethyl adjacent to an activating group) is 1. The van der Waals surface area contributed by atoms with E-state index in [4.69, 9.17) is 12.2 Å². The van der Waals surface area contributed by atoms with Crippen LogP contribution in [-0.4, -0.2) is 44.5 Å². The van der Waals surface area contributed by atoms with Crippen LogP contribution in [0.5, 0.6) is 0 Å². The lowest BCUT2D eigenvalue weighted by Gasteiger charge is -2.24. The van der Waals surface area contributed by atoms with E-state index in [9.17, 15) is 13.2 Å². The number of aryl methyl sites for hydroxylation is 1. The normalized spacial score (nSPS) is 22.6. The summed E-state index contributed by atoms with van der Waals surface area (Å²) in [5.74, 6) is -0.255. The number of hydrogen-bond donors (Lipinski definition) is 1. The molecular formula is C14H17N3O3S2. The van der Waals surface area contributed by atoms with E-state index in [-0.39, 0.29) is 11.0 Å². The van der Waals surface area contributed by atoms with Gasteiger partial charge in [0.25, 0.3) is 0 Å². The number of amides is 1. The molecule has 2 unspecified atom stereocenters. The second kappa shape index (κ2) is 6.13. The second-order valence-electron chi connectivity index (χ2n) is 5.30. The first-order chi connectivity index (χ1) is 10.3. The number of rotatable bonds is 3. The summed E-state index contributed by atoms with van der Waals surface area (Å²) >= 11 is 5.09. The van der Waals surface area contributed by atoms with Gasteiger partial charge in [-0.05, 0) is 31.1 Å². The van der Waals surface area contributed by atoms with E-state index in [1.165, 1.54) is 4.90 Å². The van der Waals surface area contributed by atoms with Gasteiger partial charge in [0.2, 0.25) is 5.91 Å². The summed E-state index contributed by atoms with van der Waals surface area (Å²) in [7, 11) is 0.657.